The number of methoxy groups -OCH3 is 1. The maximum Gasteiger partial charge on any atom is 0.322 e. The van der Waals surface area contributed by atoms with E-state index >= 15 is 0 Å². The lowest BCUT2D eigenvalue weighted by Crippen LogP contribution is -1.97. The van der Waals surface area contributed by atoms with Crippen LogP contribution in [0.25, 0.3) is 0 Å². The zero-order chi connectivity index (χ0) is 9.84. The van der Waals surface area contributed by atoms with Gasteiger partial charge < -0.3 is 4.74 Å². The summed E-state index contributed by atoms with van der Waals surface area (Å²) >= 11 is 0. The Morgan fingerprint density at radius 3 is 2.69 bits per heavy atom. The van der Waals surface area contributed by atoms with Crippen LogP contribution in [-0.2, 0) is 4.79 Å². The van der Waals surface area contributed by atoms with Crippen LogP contribution in [0, 0.1) is 10.1 Å². The SMILES string of the molecule is COc1cccc([C]=O)c1[N+](=O)[O-]. The van der Waals surface area contributed by atoms with Gasteiger partial charge in [0.25, 0.3) is 0 Å². The van der Waals surface area contributed by atoms with Crippen molar-refractivity contribution in [3.63, 3.8) is 0 Å². The number of hydrogen-bond acceptors (Lipinski definition) is 4. The third-order valence-electron chi connectivity index (χ3n) is 1.51. The van der Waals surface area contributed by atoms with E-state index in [1.807, 2.05) is 0 Å². The van der Waals surface area contributed by atoms with Crippen molar-refractivity contribution in [2.24, 2.45) is 0 Å². The number of nitro groups is 1. The quantitative estimate of drug-likeness (QED) is 0.515. The summed E-state index contributed by atoms with van der Waals surface area (Å²) in [5.74, 6) is 0.0610. The standard InChI is InChI=1S/C8H6NO4/c1-13-7-4-2-3-6(5-10)8(7)9(11)12/h2-4H,1H3. The van der Waals surface area contributed by atoms with E-state index in [4.69, 9.17) is 4.74 Å². The maximum atomic E-state index is 10.5. The predicted molar refractivity (Wildman–Crippen MR) is 44.4 cm³/mol. The molecule has 0 atom stereocenters. The molecule has 0 aliphatic rings. The lowest BCUT2D eigenvalue weighted by Gasteiger charge is -2.01. The molecule has 1 radical (unpaired) electrons. The Bertz CT molecular complexity index is 348. The minimum atomic E-state index is -0.668. The van der Waals surface area contributed by atoms with Gasteiger partial charge in [0.2, 0.25) is 6.29 Å². The Kier molecular flexibility index (Phi) is 2.59. The summed E-state index contributed by atoms with van der Waals surface area (Å²) in [5.41, 5.74) is -0.454. The van der Waals surface area contributed by atoms with Gasteiger partial charge in [0.1, 0.15) is 5.56 Å². The molecule has 1 aromatic rings. The van der Waals surface area contributed by atoms with Crippen molar-refractivity contribution in [2.45, 2.75) is 0 Å². The van der Waals surface area contributed by atoms with Crippen LogP contribution in [0.1, 0.15) is 5.56 Å². The molecule has 67 valence electrons. The van der Waals surface area contributed by atoms with Gasteiger partial charge in [0.15, 0.2) is 5.75 Å². The first kappa shape index (κ1) is 9.18. The molecule has 0 heterocycles. The van der Waals surface area contributed by atoms with Crippen molar-refractivity contribution in [3.05, 3.63) is 33.9 Å². The van der Waals surface area contributed by atoms with E-state index in [0.29, 0.717) is 0 Å². The van der Waals surface area contributed by atoms with Gasteiger partial charge in [-0.3, -0.25) is 14.9 Å². The molecule has 0 unspecified atom stereocenters. The summed E-state index contributed by atoms with van der Waals surface area (Å²) in [4.78, 5) is 20.2. The van der Waals surface area contributed by atoms with Crippen LogP contribution in [0.15, 0.2) is 18.2 Å². The molecule has 5 heteroatoms. The molecule has 5 nitrogen and oxygen atoms in total. The molecule has 1 aromatic carbocycles. The number of ether oxygens (including phenoxy) is 1. The lowest BCUT2D eigenvalue weighted by molar-refractivity contribution is -0.385. The van der Waals surface area contributed by atoms with Crippen LogP contribution in [0.5, 0.6) is 5.75 Å². The fraction of sp³-hybridized carbons (Fsp3) is 0.125. The predicted octanol–water partition coefficient (Wildman–Crippen LogP) is 1.06. The van der Waals surface area contributed by atoms with Crippen LogP contribution in [-0.4, -0.2) is 18.3 Å². The Hall–Kier alpha value is -1.91. The minimum absolute atomic E-state index is 0.0610. The molecule has 1 rings (SSSR count). The Balaban J connectivity index is 3.38. The number of hydrogen-bond donors (Lipinski definition) is 0. The van der Waals surface area contributed by atoms with E-state index in [2.05, 4.69) is 0 Å². The van der Waals surface area contributed by atoms with Gasteiger partial charge in [0, 0.05) is 0 Å². The zero-order valence-electron chi connectivity index (χ0n) is 6.81. The van der Waals surface area contributed by atoms with Gasteiger partial charge in [-0.2, -0.15) is 0 Å². The monoisotopic (exact) mass is 180 g/mol. The number of nitrogens with zero attached hydrogens (tertiary/aromatic N) is 1. The van der Waals surface area contributed by atoms with E-state index < -0.39 is 4.92 Å². The molecule has 0 saturated heterocycles. The van der Waals surface area contributed by atoms with Crippen molar-refractivity contribution in [3.8, 4) is 5.75 Å². The molecule has 0 spiro atoms. The highest BCUT2D eigenvalue weighted by Gasteiger charge is 2.19. The third-order valence-corrected chi connectivity index (χ3v) is 1.51. The highest BCUT2D eigenvalue weighted by molar-refractivity contribution is 5.83. The first-order chi connectivity index (χ1) is 6.20. The second-order valence-electron chi connectivity index (χ2n) is 2.22. The highest BCUT2D eigenvalue weighted by atomic mass is 16.6. The van der Waals surface area contributed by atoms with Gasteiger partial charge in [-0.1, -0.05) is 6.07 Å². The van der Waals surface area contributed by atoms with E-state index in [0.717, 1.165) is 0 Å². The third kappa shape index (κ3) is 1.64. The molecule has 0 bridgehead atoms. The van der Waals surface area contributed by atoms with Crippen molar-refractivity contribution >= 4 is 12.0 Å². The van der Waals surface area contributed by atoms with E-state index in [-0.39, 0.29) is 17.0 Å². The van der Waals surface area contributed by atoms with Gasteiger partial charge in [-0.15, -0.1) is 0 Å². The molecule has 0 fully saturated rings. The van der Waals surface area contributed by atoms with Crippen molar-refractivity contribution in [2.75, 3.05) is 7.11 Å². The zero-order valence-corrected chi connectivity index (χ0v) is 6.81. The van der Waals surface area contributed by atoms with Crippen molar-refractivity contribution in [1.29, 1.82) is 0 Å². The summed E-state index contributed by atoms with van der Waals surface area (Å²) in [6, 6.07) is 4.22. The smallest absolute Gasteiger partial charge is 0.322 e. The summed E-state index contributed by atoms with van der Waals surface area (Å²) in [7, 11) is 1.30. The molecular weight excluding hydrogens is 174 g/mol. The molecular formula is C8H6NO4. The van der Waals surface area contributed by atoms with Crippen LogP contribution < -0.4 is 4.74 Å². The summed E-state index contributed by atoms with van der Waals surface area (Å²) in [6.07, 6.45) is 1.48. The van der Waals surface area contributed by atoms with Crippen LogP contribution in [0.2, 0.25) is 0 Å². The van der Waals surface area contributed by atoms with Crippen molar-refractivity contribution in [1.82, 2.24) is 0 Å². The van der Waals surface area contributed by atoms with Gasteiger partial charge in [0.05, 0.1) is 12.0 Å². The first-order valence-electron chi connectivity index (χ1n) is 3.40. The lowest BCUT2D eigenvalue weighted by atomic mass is 10.2. The average Bonchev–Trinajstić information content (AvgIpc) is 2.16. The second-order valence-corrected chi connectivity index (χ2v) is 2.22. The van der Waals surface area contributed by atoms with Crippen molar-refractivity contribution < 1.29 is 14.5 Å². The number of rotatable bonds is 3. The van der Waals surface area contributed by atoms with E-state index in [9.17, 15) is 14.9 Å². The summed E-state index contributed by atoms with van der Waals surface area (Å²) in [5, 5.41) is 10.5. The van der Waals surface area contributed by atoms with Crippen LogP contribution >= 0.6 is 0 Å². The summed E-state index contributed by atoms with van der Waals surface area (Å²) < 4.78 is 4.73. The Morgan fingerprint density at radius 1 is 1.54 bits per heavy atom. The topological polar surface area (TPSA) is 69.4 Å². The first-order valence-corrected chi connectivity index (χ1v) is 3.40. The molecule has 13 heavy (non-hydrogen) atoms. The summed E-state index contributed by atoms with van der Waals surface area (Å²) in [6.45, 7) is 0. The molecule has 0 amide bonds. The number of nitro benzene ring substituents is 1. The average molecular weight is 180 g/mol. The Labute approximate surface area is 74.1 Å². The second kappa shape index (κ2) is 3.66. The van der Waals surface area contributed by atoms with E-state index in [1.165, 1.54) is 31.6 Å². The fourth-order valence-electron chi connectivity index (χ4n) is 0.958. The molecule has 0 saturated carbocycles. The van der Waals surface area contributed by atoms with Crippen LogP contribution in [0.3, 0.4) is 0 Å². The van der Waals surface area contributed by atoms with Crippen LogP contribution in [0.4, 0.5) is 5.69 Å². The minimum Gasteiger partial charge on any atom is -0.490 e. The van der Waals surface area contributed by atoms with Gasteiger partial charge in [-0.25, -0.2) is 0 Å². The highest BCUT2D eigenvalue weighted by Crippen LogP contribution is 2.28. The molecule has 0 N–H and O–H groups in total. The van der Waals surface area contributed by atoms with E-state index in [1.54, 1.807) is 0 Å². The number of carbonyl (C=O) groups excluding carboxylic acids is 1. The Morgan fingerprint density at radius 2 is 2.23 bits per heavy atom. The normalized spacial score (nSPS) is 9.31. The molecule has 0 aromatic heterocycles. The number of para-hydroxylation sites is 1. The molecule has 0 aliphatic heterocycles. The maximum absolute atomic E-state index is 10.5. The fourth-order valence-corrected chi connectivity index (χ4v) is 0.958. The largest absolute Gasteiger partial charge is 0.490 e. The van der Waals surface area contributed by atoms with Gasteiger partial charge in [-0.05, 0) is 12.1 Å². The van der Waals surface area contributed by atoms with Gasteiger partial charge >= 0.3 is 5.69 Å². The number of benzene rings is 1. The molecule has 0 aliphatic carbocycles.